The fraction of sp³-hybridized carbons (Fsp3) is 0.0789. The van der Waals surface area contributed by atoms with Gasteiger partial charge in [-0.2, -0.15) is 0 Å². The first-order valence-electron chi connectivity index (χ1n) is 14.6. The van der Waals surface area contributed by atoms with Gasteiger partial charge in [-0.3, -0.25) is 14.4 Å². The van der Waals surface area contributed by atoms with Crippen molar-refractivity contribution in [1.29, 1.82) is 0 Å². The quantitative estimate of drug-likeness (QED) is 0.107. The average molecular weight is 630 g/mol. The molecule has 0 saturated heterocycles. The SMILES string of the molecule is Cc1cccc(NC(=O)C(Sc2cccc(NC(=O)/C(=C\c3ccc(F)cc3)NC(=O)c3ccccc3)c2)c2ccccc2)c1C. The molecular weight excluding hydrogens is 598 g/mol. The Balaban J connectivity index is 1.38. The topological polar surface area (TPSA) is 87.3 Å². The van der Waals surface area contributed by atoms with Crippen LogP contribution in [0.4, 0.5) is 15.8 Å². The predicted octanol–water partition coefficient (Wildman–Crippen LogP) is 8.32. The Morgan fingerprint density at radius 1 is 0.739 bits per heavy atom. The number of halogens is 1. The van der Waals surface area contributed by atoms with Gasteiger partial charge < -0.3 is 16.0 Å². The molecule has 8 heteroatoms. The van der Waals surface area contributed by atoms with Crippen molar-refractivity contribution in [2.75, 3.05) is 10.6 Å². The number of hydrogen-bond donors (Lipinski definition) is 3. The summed E-state index contributed by atoms with van der Waals surface area (Å²) in [6, 6.07) is 36.6. The molecule has 0 bridgehead atoms. The zero-order valence-corrected chi connectivity index (χ0v) is 26.1. The first-order valence-corrected chi connectivity index (χ1v) is 15.5. The monoisotopic (exact) mass is 629 g/mol. The summed E-state index contributed by atoms with van der Waals surface area (Å²) in [5.74, 6) is -1.62. The maximum atomic E-state index is 13.7. The fourth-order valence-corrected chi connectivity index (χ4v) is 5.72. The molecule has 0 aliphatic carbocycles. The van der Waals surface area contributed by atoms with E-state index in [4.69, 9.17) is 0 Å². The second-order valence-electron chi connectivity index (χ2n) is 10.6. The van der Waals surface area contributed by atoms with Crippen molar-refractivity contribution in [3.63, 3.8) is 0 Å². The second-order valence-corrected chi connectivity index (χ2v) is 11.7. The van der Waals surface area contributed by atoms with E-state index in [0.29, 0.717) is 16.8 Å². The van der Waals surface area contributed by atoms with E-state index in [-0.39, 0.29) is 11.6 Å². The van der Waals surface area contributed by atoms with Gasteiger partial charge in [0.25, 0.3) is 11.8 Å². The van der Waals surface area contributed by atoms with E-state index < -0.39 is 22.9 Å². The van der Waals surface area contributed by atoms with Gasteiger partial charge in [-0.25, -0.2) is 4.39 Å². The zero-order valence-electron chi connectivity index (χ0n) is 25.3. The molecule has 0 aliphatic rings. The van der Waals surface area contributed by atoms with Gasteiger partial charge >= 0.3 is 0 Å². The summed E-state index contributed by atoms with van der Waals surface area (Å²) in [5.41, 5.74) is 5.03. The predicted molar refractivity (Wildman–Crippen MR) is 183 cm³/mol. The molecule has 0 heterocycles. The molecule has 0 aliphatic heterocycles. The molecule has 5 aromatic carbocycles. The average Bonchev–Trinajstić information content (AvgIpc) is 3.07. The van der Waals surface area contributed by atoms with Crippen LogP contribution in [0.3, 0.4) is 0 Å². The highest BCUT2D eigenvalue weighted by Crippen LogP contribution is 2.37. The summed E-state index contributed by atoms with van der Waals surface area (Å²) in [5, 5.41) is 8.06. The number of nitrogens with one attached hydrogen (secondary N) is 3. The lowest BCUT2D eigenvalue weighted by Crippen LogP contribution is -2.30. The largest absolute Gasteiger partial charge is 0.325 e. The molecule has 0 aromatic heterocycles. The summed E-state index contributed by atoms with van der Waals surface area (Å²) in [6.07, 6.45) is 1.48. The molecule has 0 radical (unpaired) electrons. The Labute approximate surface area is 271 Å². The van der Waals surface area contributed by atoms with Crippen molar-refractivity contribution in [2.45, 2.75) is 24.0 Å². The number of amides is 3. The first-order chi connectivity index (χ1) is 22.3. The van der Waals surface area contributed by atoms with E-state index in [2.05, 4.69) is 16.0 Å². The van der Waals surface area contributed by atoms with Crippen LogP contribution >= 0.6 is 11.8 Å². The van der Waals surface area contributed by atoms with E-state index in [1.54, 1.807) is 48.5 Å². The van der Waals surface area contributed by atoms with Crippen LogP contribution in [-0.4, -0.2) is 17.7 Å². The smallest absolute Gasteiger partial charge is 0.272 e. The lowest BCUT2D eigenvalue weighted by Gasteiger charge is -2.19. The maximum absolute atomic E-state index is 13.7. The van der Waals surface area contributed by atoms with Crippen LogP contribution in [0.5, 0.6) is 0 Å². The molecule has 1 atom stereocenters. The number of benzene rings is 5. The van der Waals surface area contributed by atoms with Crippen LogP contribution in [0.25, 0.3) is 6.08 Å². The third kappa shape index (κ3) is 8.37. The van der Waals surface area contributed by atoms with Gasteiger partial charge in [0, 0.05) is 21.8 Å². The summed E-state index contributed by atoms with van der Waals surface area (Å²) < 4.78 is 13.5. The molecule has 5 rings (SSSR count). The third-order valence-electron chi connectivity index (χ3n) is 7.26. The summed E-state index contributed by atoms with van der Waals surface area (Å²) >= 11 is 1.36. The molecule has 5 aromatic rings. The molecule has 230 valence electrons. The van der Waals surface area contributed by atoms with Gasteiger partial charge in [-0.05, 0) is 90.7 Å². The van der Waals surface area contributed by atoms with Crippen LogP contribution in [0.15, 0.2) is 138 Å². The van der Waals surface area contributed by atoms with E-state index >= 15 is 0 Å². The normalized spacial score (nSPS) is 11.8. The van der Waals surface area contributed by atoms with Gasteiger partial charge in [0.1, 0.15) is 16.8 Å². The zero-order chi connectivity index (χ0) is 32.5. The van der Waals surface area contributed by atoms with E-state index in [0.717, 1.165) is 27.3 Å². The Kier molecular flexibility index (Phi) is 10.4. The standard InChI is InChI=1S/C38H32FN3O3S/c1-25-11-9-18-33(26(25)2)41-38(45)35(28-12-5-3-6-13-28)46-32-17-10-16-31(24-32)40-37(44)34(23-27-19-21-30(39)22-20-27)42-36(43)29-14-7-4-8-15-29/h3-24,35H,1-2H3,(H,40,44)(H,41,45)(H,42,43)/b34-23+. The maximum Gasteiger partial charge on any atom is 0.272 e. The van der Waals surface area contributed by atoms with Crippen LogP contribution < -0.4 is 16.0 Å². The highest BCUT2D eigenvalue weighted by atomic mass is 32.2. The Hall–Kier alpha value is -5.47. The molecule has 6 nitrogen and oxygen atoms in total. The van der Waals surface area contributed by atoms with Crippen molar-refractivity contribution in [1.82, 2.24) is 5.32 Å². The summed E-state index contributed by atoms with van der Waals surface area (Å²) in [6.45, 7) is 3.98. The third-order valence-corrected chi connectivity index (χ3v) is 8.51. The van der Waals surface area contributed by atoms with Gasteiger partial charge in [0.05, 0.1) is 0 Å². The van der Waals surface area contributed by atoms with E-state index in [1.807, 2.05) is 68.4 Å². The number of aryl methyl sites for hydroxylation is 1. The molecule has 1 unspecified atom stereocenters. The van der Waals surface area contributed by atoms with Gasteiger partial charge in [-0.1, -0.05) is 78.9 Å². The van der Waals surface area contributed by atoms with Crippen LogP contribution in [0.2, 0.25) is 0 Å². The molecular formula is C38H32FN3O3S. The molecule has 0 saturated carbocycles. The minimum absolute atomic E-state index is 0.0198. The fourth-order valence-electron chi connectivity index (χ4n) is 4.64. The molecule has 3 amide bonds. The summed E-state index contributed by atoms with van der Waals surface area (Å²) in [7, 11) is 0. The summed E-state index contributed by atoms with van der Waals surface area (Å²) in [4.78, 5) is 40.9. The lowest BCUT2D eigenvalue weighted by molar-refractivity contribution is -0.116. The molecule has 3 N–H and O–H groups in total. The van der Waals surface area contributed by atoms with Crippen LogP contribution in [0.1, 0.15) is 37.9 Å². The number of rotatable bonds is 10. The molecule has 0 fully saturated rings. The van der Waals surface area contributed by atoms with Gasteiger partial charge in [0.15, 0.2) is 0 Å². The lowest BCUT2D eigenvalue weighted by atomic mass is 10.1. The second kappa shape index (κ2) is 15.0. The number of anilines is 2. The molecule has 0 spiro atoms. The highest BCUT2D eigenvalue weighted by Gasteiger charge is 2.23. The number of carbonyl (C=O) groups excluding carboxylic acids is 3. The number of carbonyl (C=O) groups is 3. The first kappa shape index (κ1) is 31.9. The van der Waals surface area contributed by atoms with Crippen molar-refractivity contribution < 1.29 is 18.8 Å². The minimum Gasteiger partial charge on any atom is -0.325 e. The van der Waals surface area contributed by atoms with Crippen molar-refractivity contribution in [3.05, 3.63) is 167 Å². The van der Waals surface area contributed by atoms with Gasteiger partial charge in [0.2, 0.25) is 5.91 Å². The van der Waals surface area contributed by atoms with Crippen molar-refractivity contribution in [3.8, 4) is 0 Å². The van der Waals surface area contributed by atoms with Crippen LogP contribution in [-0.2, 0) is 9.59 Å². The van der Waals surface area contributed by atoms with Crippen LogP contribution in [0, 0.1) is 19.7 Å². The molecule has 46 heavy (non-hydrogen) atoms. The van der Waals surface area contributed by atoms with E-state index in [9.17, 15) is 18.8 Å². The van der Waals surface area contributed by atoms with Gasteiger partial charge in [-0.15, -0.1) is 11.8 Å². The highest BCUT2D eigenvalue weighted by molar-refractivity contribution is 8.00. The number of thioether (sulfide) groups is 1. The Morgan fingerprint density at radius 2 is 1.41 bits per heavy atom. The van der Waals surface area contributed by atoms with Crippen molar-refractivity contribution in [2.24, 2.45) is 0 Å². The minimum atomic E-state index is -0.578. The Bertz CT molecular complexity index is 1880. The van der Waals surface area contributed by atoms with E-state index in [1.165, 1.54) is 42.1 Å². The Morgan fingerprint density at radius 3 is 2.13 bits per heavy atom. The number of hydrogen-bond acceptors (Lipinski definition) is 4. The van der Waals surface area contributed by atoms with Crippen molar-refractivity contribution >= 4 is 46.9 Å².